The van der Waals surface area contributed by atoms with Gasteiger partial charge in [0.25, 0.3) is 0 Å². The SMILES string of the molecule is Cc1cc(O)cc(C)c1C[C@H](N)C(=O)N[C@@H](Cc1ccccc1)C(=O)NCC(=O)N[C@H](C(=O)N[C@H](C(N)=O)C(C)C)C(C)C. The van der Waals surface area contributed by atoms with E-state index < -0.39 is 60.2 Å². The van der Waals surface area contributed by atoms with E-state index in [9.17, 15) is 29.1 Å². The number of benzene rings is 2. The van der Waals surface area contributed by atoms with Crippen molar-refractivity contribution < 1.29 is 29.1 Å². The van der Waals surface area contributed by atoms with Crippen LogP contribution in [0.15, 0.2) is 42.5 Å². The van der Waals surface area contributed by atoms with Gasteiger partial charge in [0.15, 0.2) is 0 Å². The van der Waals surface area contributed by atoms with Crippen LogP contribution in [0.5, 0.6) is 5.75 Å². The summed E-state index contributed by atoms with van der Waals surface area (Å²) in [5, 5.41) is 20.3. The number of carbonyl (C=O) groups is 5. The van der Waals surface area contributed by atoms with Gasteiger partial charge in [0.2, 0.25) is 29.5 Å². The van der Waals surface area contributed by atoms with Crippen LogP contribution >= 0.6 is 0 Å². The molecule has 0 aromatic heterocycles. The molecular formula is C32H46N6O6. The Morgan fingerprint density at radius 2 is 1.34 bits per heavy atom. The second-order valence-electron chi connectivity index (χ2n) is 11.8. The summed E-state index contributed by atoms with van der Waals surface area (Å²) in [6, 6.07) is 8.34. The van der Waals surface area contributed by atoms with Gasteiger partial charge in [0, 0.05) is 6.42 Å². The Balaban J connectivity index is 2.10. The van der Waals surface area contributed by atoms with Crippen LogP contribution in [-0.2, 0) is 36.8 Å². The summed E-state index contributed by atoms with van der Waals surface area (Å²) in [7, 11) is 0. The average molecular weight is 611 g/mol. The van der Waals surface area contributed by atoms with Crippen LogP contribution in [-0.4, -0.2) is 65.4 Å². The highest BCUT2D eigenvalue weighted by Crippen LogP contribution is 2.22. The zero-order chi connectivity index (χ0) is 33.1. The van der Waals surface area contributed by atoms with Crippen LogP contribution in [0.2, 0.25) is 0 Å². The Kier molecular flexibility index (Phi) is 13.3. The van der Waals surface area contributed by atoms with Crippen molar-refractivity contribution in [2.75, 3.05) is 6.54 Å². The number of amides is 5. The van der Waals surface area contributed by atoms with Gasteiger partial charge in [-0.25, -0.2) is 0 Å². The van der Waals surface area contributed by atoms with Crippen molar-refractivity contribution in [1.82, 2.24) is 21.3 Å². The van der Waals surface area contributed by atoms with Gasteiger partial charge in [-0.2, -0.15) is 0 Å². The van der Waals surface area contributed by atoms with Crippen molar-refractivity contribution in [2.24, 2.45) is 23.3 Å². The fourth-order valence-corrected chi connectivity index (χ4v) is 4.80. The largest absolute Gasteiger partial charge is 0.508 e. The molecule has 2 aromatic rings. The molecule has 2 rings (SSSR count). The second kappa shape index (κ2) is 16.4. The maximum Gasteiger partial charge on any atom is 0.243 e. The molecule has 5 amide bonds. The summed E-state index contributed by atoms with van der Waals surface area (Å²) >= 11 is 0. The third-order valence-electron chi connectivity index (χ3n) is 7.32. The maximum atomic E-state index is 13.3. The summed E-state index contributed by atoms with van der Waals surface area (Å²) in [5.74, 6) is -3.51. The fraction of sp³-hybridized carbons (Fsp3) is 0.469. The summed E-state index contributed by atoms with van der Waals surface area (Å²) in [6.45, 7) is 10.1. The van der Waals surface area contributed by atoms with Gasteiger partial charge in [-0.3, -0.25) is 24.0 Å². The van der Waals surface area contributed by atoms with Crippen molar-refractivity contribution in [3.05, 3.63) is 64.7 Å². The van der Waals surface area contributed by atoms with Gasteiger partial charge in [-0.1, -0.05) is 58.0 Å². The molecule has 12 nitrogen and oxygen atoms in total. The molecule has 0 spiro atoms. The highest BCUT2D eigenvalue weighted by Gasteiger charge is 2.30. The van der Waals surface area contributed by atoms with E-state index in [1.807, 2.05) is 32.0 Å². The van der Waals surface area contributed by atoms with Crippen molar-refractivity contribution in [1.29, 1.82) is 0 Å². The van der Waals surface area contributed by atoms with Crippen molar-refractivity contribution in [2.45, 2.75) is 78.6 Å². The van der Waals surface area contributed by atoms with E-state index in [1.54, 1.807) is 52.0 Å². The molecule has 0 saturated heterocycles. The number of aromatic hydroxyl groups is 1. The van der Waals surface area contributed by atoms with E-state index in [1.165, 1.54) is 0 Å². The van der Waals surface area contributed by atoms with E-state index in [0.29, 0.717) is 0 Å². The van der Waals surface area contributed by atoms with Crippen LogP contribution in [0.4, 0.5) is 0 Å². The number of hydrogen-bond acceptors (Lipinski definition) is 7. The molecule has 0 aliphatic heterocycles. The van der Waals surface area contributed by atoms with Gasteiger partial charge in [-0.05, 0) is 66.5 Å². The summed E-state index contributed by atoms with van der Waals surface area (Å²) in [6.07, 6.45) is 0.336. The minimum atomic E-state index is -1.04. The maximum absolute atomic E-state index is 13.3. The Bertz CT molecular complexity index is 1310. The van der Waals surface area contributed by atoms with Gasteiger partial charge in [-0.15, -0.1) is 0 Å². The molecule has 0 unspecified atom stereocenters. The lowest BCUT2D eigenvalue weighted by Crippen LogP contribution is -2.58. The highest BCUT2D eigenvalue weighted by atomic mass is 16.3. The molecule has 4 atom stereocenters. The third-order valence-corrected chi connectivity index (χ3v) is 7.32. The lowest BCUT2D eigenvalue weighted by Gasteiger charge is -2.26. The zero-order valence-electron chi connectivity index (χ0n) is 26.3. The van der Waals surface area contributed by atoms with E-state index in [2.05, 4.69) is 21.3 Å². The highest BCUT2D eigenvalue weighted by molar-refractivity contribution is 5.94. The molecule has 0 saturated carbocycles. The first-order valence-electron chi connectivity index (χ1n) is 14.7. The molecule has 240 valence electrons. The van der Waals surface area contributed by atoms with Crippen molar-refractivity contribution in [3.63, 3.8) is 0 Å². The normalized spacial score (nSPS) is 13.8. The van der Waals surface area contributed by atoms with Crippen LogP contribution in [0.3, 0.4) is 0 Å². The first-order valence-corrected chi connectivity index (χ1v) is 14.7. The number of nitrogens with one attached hydrogen (secondary N) is 4. The Hall–Kier alpha value is -4.45. The number of primary amides is 1. The predicted molar refractivity (Wildman–Crippen MR) is 167 cm³/mol. The van der Waals surface area contributed by atoms with Crippen LogP contribution in [0, 0.1) is 25.7 Å². The van der Waals surface area contributed by atoms with E-state index in [4.69, 9.17) is 11.5 Å². The van der Waals surface area contributed by atoms with E-state index in [0.717, 1.165) is 22.3 Å². The van der Waals surface area contributed by atoms with Crippen molar-refractivity contribution >= 4 is 29.5 Å². The van der Waals surface area contributed by atoms with Gasteiger partial charge in [0.1, 0.15) is 23.9 Å². The van der Waals surface area contributed by atoms with Crippen molar-refractivity contribution in [3.8, 4) is 5.75 Å². The summed E-state index contributed by atoms with van der Waals surface area (Å²) < 4.78 is 0. The van der Waals surface area contributed by atoms with Crippen LogP contribution < -0.4 is 32.7 Å². The molecule has 9 N–H and O–H groups in total. The summed E-state index contributed by atoms with van der Waals surface area (Å²) in [5.41, 5.74) is 14.8. The number of phenols is 1. The quantitative estimate of drug-likeness (QED) is 0.152. The second-order valence-corrected chi connectivity index (χ2v) is 11.8. The Morgan fingerprint density at radius 1 is 0.773 bits per heavy atom. The number of carbonyl (C=O) groups excluding carboxylic acids is 5. The molecule has 44 heavy (non-hydrogen) atoms. The van der Waals surface area contributed by atoms with E-state index in [-0.39, 0.29) is 30.4 Å². The zero-order valence-corrected chi connectivity index (χ0v) is 26.3. The topological polar surface area (TPSA) is 206 Å². The number of hydrogen-bond donors (Lipinski definition) is 7. The Morgan fingerprint density at radius 3 is 1.86 bits per heavy atom. The smallest absolute Gasteiger partial charge is 0.243 e. The molecule has 0 heterocycles. The summed E-state index contributed by atoms with van der Waals surface area (Å²) in [4.78, 5) is 63.8. The number of aryl methyl sites for hydroxylation is 2. The predicted octanol–water partition coefficient (Wildman–Crippen LogP) is 0.489. The first kappa shape index (κ1) is 35.7. The van der Waals surface area contributed by atoms with E-state index >= 15 is 0 Å². The van der Waals surface area contributed by atoms with Gasteiger partial charge >= 0.3 is 0 Å². The fourth-order valence-electron chi connectivity index (χ4n) is 4.80. The molecule has 2 aromatic carbocycles. The molecule has 0 bridgehead atoms. The monoisotopic (exact) mass is 610 g/mol. The minimum Gasteiger partial charge on any atom is -0.508 e. The average Bonchev–Trinajstić information content (AvgIpc) is 2.94. The molecule has 0 radical (unpaired) electrons. The number of phenolic OH excluding ortho intramolecular Hbond substituents is 1. The first-order chi connectivity index (χ1) is 20.6. The third kappa shape index (κ3) is 10.7. The van der Waals surface area contributed by atoms with Crippen LogP contribution in [0.25, 0.3) is 0 Å². The lowest BCUT2D eigenvalue weighted by atomic mass is 9.95. The molecular weight excluding hydrogens is 564 g/mol. The minimum absolute atomic E-state index is 0.121. The van der Waals surface area contributed by atoms with Crippen LogP contribution in [0.1, 0.15) is 49.9 Å². The van der Waals surface area contributed by atoms with Gasteiger partial charge < -0.3 is 37.8 Å². The Labute approximate surface area is 258 Å². The molecule has 0 aliphatic carbocycles. The number of rotatable bonds is 15. The molecule has 12 heteroatoms. The lowest BCUT2D eigenvalue weighted by molar-refractivity contribution is -0.133. The molecule has 0 aliphatic rings. The standard InChI is InChI=1S/C32H46N6O6/c1-17(2)27(29(34)41)38-32(44)28(18(3)4)37-26(40)16-35-31(43)25(14-21-10-8-7-9-11-21)36-30(42)24(33)15-23-19(5)12-22(39)13-20(23)6/h7-13,17-18,24-25,27-28,39H,14-16,33H2,1-6H3,(H2,34,41)(H,35,43)(H,36,42)(H,37,40)(H,38,44)/t24-,25-,27-,28-/m0/s1. The molecule has 0 fully saturated rings. The van der Waals surface area contributed by atoms with Gasteiger partial charge in [0.05, 0.1) is 12.6 Å². The number of nitrogens with two attached hydrogens (primary N) is 2.